The molecule has 0 radical (unpaired) electrons. The summed E-state index contributed by atoms with van der Waals surface area (Å²) in [7, 11) is 1.48. The standard InChI is InChI=1S/C6H13NO3/c1-3-5(4-8)10-6(9)7-2/h5,8H,3-4H2,1-2H3,(H,7,9). The van der Waals surface area contributed by atoms with Crippen LogP contribution in [0.5, 0.6) is 0 Å². The fraction of sp³-hybridized carbons (Fsp3) is 0.833. The Morgan fingerprint density at radius 1 is 1.80 bits per heavy atom. The number of alkyl carbamates (subject to hydrolysis) is 1. The first-order valence-electron chi connectivity index (χ1n) is 3.23. The van der Waals surface area contributed by atoms with E-state index in [0.717, 1.165) is 0 Å². The molecule has 0 saturated carbocycles. The van der Waals surface area contributed by atoms with Gasteiger partial charge in [0.2, 0.25) is 0 Å². The summed E-state index contributed by atoms with van der Waals surface area (Å²) >= 11 is 0. The van der Waals surface area contributed by atoms with Crippen LogP contribution in [0.2, 0.25) is 0 Å². The Bertz CT molecular complexity index is 101. The number of ether oxygens (including phenoxy) is 1. The van der Waals surface area contributed by atoms with Gasteiger partial charge in [0.15, 0.2) is 0 Å². The highest BCUT2D eigenvalue weighted by Gasteiger charge is 2.08. The van der Waals surface area contributed by atoms with Gasteiger partial charge < -0.3 is 15.2 Å². The maximum atomic E-state index is 10.5. The number of carbonyl (C=O) groups excluding carboxylic acids is 1. The molecular formula is C6H13NO3. The fourth-order valence-electron chi connectivity index (χ4n) is 0.460. The second-order valence-electron chi connectivity index (χ2n) is 1.87. The van der Waals surface area contributed by atoms with Gasteiger partial charge in [-0.3, -0.25) is 0 Å². The number of carbonyl (C=O) groups is 1. The third kappa shape index (κ3) is 3.29. The minimum atomic E-state index is -0.499. The highest BCUT2D eigenvalue weighted by atomic mass is 16.6. The predicted octanol–water partition coefficient (Wildman–Crippen LogP) is 0.113. The summed E-state index contributed by atoms with van der Waals surface area (Å²) in [6, 6.07) is 0. The van der Waals surface area contributed by atoms with Crippen LogP contribution in [-0.4, -0.2) is 31.0 Å². The van der Waals surface area contributed by atoms with Crippen molar-refractivity contribution in [1.82, 2.24) is 5.32 Å². The topological polar surface area (TPSA) is 58.6 Å². The van der Waals surface area contributed by atoms with Crippen LogP contribution < -0.4 is 5.32 Å². The predicted molar refractivity (Wildman–Crippen MR) is 36.7 cm³/mol. The molecule has 0 aliphatic heterocycles. The molecule has 0 heterocycles. The van der Waals surface area contributed by atoms with Gasteiger partial charge in [0, 0.05) is 7.05 Å². The number of hydrogen-bond acceptors (Lipinski definition) is 3. The van der Waals surface area contributed by atoms with Gasteiger partial charge in [0.1, 0.15) is 6.10 Å². The van der Waals surface area contributed by atoms with Crippen molar-refractivity contribution >= 4 is 6.09 Å². The van der Waals surface area contributed by atoms with E-state index in [1.807, 2.05) is 6.92 Å². The van der Waals surface area contributed by atoms with E-state index in [1.54, 1.807) is 0 Å². The molecule has 0 spiro atoms. The van der Waals surface area contributed by atoms with Crippen LogP contribution in [0.25, 0.3) is 0 Å². The number of aliphatic hydroxyl groups is 1. The van der Waals surface area contributed by atoms with Crippen molar-refractivity contribution in [2.24, 2.45) is 0 Å². The van der Waals surface area contributed by atoms with Crippen LogP contribution in [0.4, 0.5) is 4.79 Å². The first-order valence-corrected chi connectivity index (χ1v) is 3.23. The van der Waals surface area contributed by atoms with Crippen molar-refractivity contribution in [3.8, 4) is 0 Å². The Labute approximate surface area is 60.2 Å². The highest BCUT2D eigenvalue weighted by Crippen LogP contribution is 1.95. The summed E-state index contributed by atoms with van der Waals surface area (Å²) in [5.41, 5.74) is 0. The lowest BCUT2D eigenvalue weighted by atomic mass is 10.3. The molecule has 1 atom stereocenters. The second kappa shape index (κ2) is 5.05. The number of nitrogens with one attached hydrogen (secondary N) is 1. The van der Waals surface area contributed by atoms with E-state index in [4.69, 9.17) is 9.84 Å². The quantitative estimate of drug-likeness (QED) is 0.595. The molecule has 4 nitrogen and oxygen atoms in total. The average Bonchev–Trinajstić information content (AvgIpc) is 1.99. The van der Waals surface area contributed by atoms with Crippen molar-refractivity contribution in [2.75, 3.05) is 13.7 Å². The van der Waals surface area contributed by atoms with Crippen LogP contribution in [0.1, 0.15) is 13.3 Å². The summed E-state index contributed by atoms with van der Waals surface area (Å²) in [5, 5.41) is 10.9. The van der Waals surface area contributed by atoms with Gasteiger partial charge in [-0.05, 0) is 6.42 Å². The average molecular weight is 147 g/mol. The monoisotopic (exact) mass is 147 g/mol. The number of hydrogen-bond donors (Lipinski definition) is 2. The molecule has 0 aromatic carbocycles. The molecule has 0 aromatic heterocycles. The van der Waals surface area contributed by atoms with E-state index in [0.29, 0.717) is 6.42 Å². The zero-order valence-corrected chi connectivity index (χ0v) is 6.26. The SMILES string of the molecule is CCC(CO)OC(=O)NC. The van der Waals surface area contributed by atoms with Crippen molar-refractivity contribution in [2.45, 2.75) is 19.4 Å². The Kier molecular flexibility index (Phi) is 4.66. The second-order valence-corrected chi connectivity index (χ2v) is 1.87. The highest BCUT2D eigenvalue weighted by molar-refractivity contribution is 5.66. The number of aliphatic hydroxyl groups excluding tert-OH is 1. The fourth-order valence-corrected chi connectivity index (χ4v) is 0.460. The van der Waals surface area contributed by atoms with Gasteiger partial charge in [-0.1, -0.05) is 6.92 Å². The van der Waals surface area contributed by atoms with Crippen molar-refractivity contribution in [3.05, 3.63) is 0 Å². The molecule has 1 unspecified atom stereocenters. The van der Waals surface area contributed by atoms with Gasteiger partial charge in [0.05, 0.1) is 6.61 Å². The third-order valence-electron chi connectivity index (χ3n) is 1.14. The number of amides is 1. The molecule has 4 heteroatoms. The summed E-state index contributed by atoms with van der Waals surface area (Å²) in [4.78, 5) is 10.5. The normalized spacial score (nSPS) is 12.3. The molecule has 0 rings (SSSR count). The van der Waals surface area contributed by atoms with Crippen LogP contribution in [0, 0.1) is 0 Å². The lowest BCUT2D eigenvalue weighted by Crippen LogP contribution is -2.27. The maximum absolute atomic E-state index is 10.5. The summed E-state index contributed by atoms with van der Waals surface area (Å²) < 4.78 is 4.70. The minimum Gasteiger partial charge on any atom is -0.444 e. The third-order valence-corrected chi connectivity index (χ3v) is 1.14. The Hall–Kier alpha value is -0.770. The molecule has 0 aliphatic rings. The molecule has 0 bridgehead atoms. The van der Waals surface area contributed by atoms with Crippen LogP contribution in [0.15, 0.2) is 0 Å². The molecule has 0 aromatic rings. The van der Waals surface area contributed by atoms with E-state index in [1.165, 1.54) is 7.05 Å². The molecule has 1 amide bonds. The summed E-state index contributed by atoms with van der Waals surface area (Å²) in [6.45, 7) is 1.72. The molecule has 60 valence electrons. The van der Waals surface area contributed by atoms with E-state index in [-0.39, 0.29) is 12.7 Å². The Morgan fingerprint density at radius 3 is 2.70 bits per heavy atom. The molecule has 10 heavy (non-hydrogen) atoms. The van der Waals surface area contributed by atoms with Crippen LogP contribution in [0.3, 0.4) is 0 Å². The van der Waals surface area contributed by atoms with Gasteiger partial charge >= 0.3 is 6.09 Å². The molecule has 0 saturated heterocycles. The molecule has 0 fully saturated rings. The number of rotatable bonds is 3. The summed E-state index contributed by atoms with van der Waals surface area (Å²) in [6.07, 6.45) is -0.245. The molecule has 0 aliphatic carbocycles. The lowest BCUT2D eigenvalue weighted by Gasteiger charge is -2.11. The van der Waals surface area contributed by atoms with Crippen LogP contribution in [-0.2, 0) is 4.74 Å². The zero-order valence-electron chi connectivity index (χ0n) is 6.26. The lowest BCUT2D eigenvalue weighted by molar-refractivity contribution is 0.0568. The van der Waals surface area contributed by atoms with Crippen molar-refractivity contribution in [1.29, 1.82) is 0 Å². The van der Waals surface area contributed by atoms with Crippen molar-refractivity contribution < 1.29 is 14.6 Å². The van der Waals surface area contributed by atoms with E-state index >= 15 is 0 Å². The van der Waals surface area contributed by atoms with E-state index in [9.17, 15) is 4.79 Å². The molecular weight excluding hydrogens is 134 g/mol. The maximum Gasteiger partial charge on any atom is 0.407 e. The smallest absolute Gasteiger partial charge is 0.407 e. The zero-order chi connectivity index (χ0) is 7.98. The first kappa shape index (κ1) is 9.23. The van der Waals surface area contributed by atoms with Gasteiger partial charge in [0.25, 0.3) is 0 Å². The van der Waals surface area contributed by atoms with Gasteiger partial charge in [-0.15, -0.1) is 0 Å². The Balaban J connectivity index is 3.52. The first-order chi connectivity index (χ1) is 4.74. The van der Waals surface area contributed by atoms with Crippen molar-refractivity contribution in [3.63, 3.8) is 0 Å². The Morgan fingerprint density at radius 2 is 2.40 bits per heavy atom. The van der Waals surface area contributed by atoms with Gasteiger partial charge in [-0.2, -0.15) is 0 Å². The largest absolute Gasteiger partial charge is 0.444 e. The van der Waals surface area contributed by atoms with E-state index < -0.39 is 6.09 Å². The summed E-state index contributed by atoms with van der Waals surface area (Å²) in [5.74, 6) is 0. The molecule has 2 N–H and O–H groups in total. The van der Waals surface area contributed by atoms with Gasteiger partial charge in [-0.25, -0.2) is 4.79 Å². The minimum absolute atomic E-state index is 0.121. The van der Waals surface area contributed by atoms with E-state index in [2.05, 4.69) is 5.32 Å². The van der Waals surface area contributed by atoms with Crippen LogP contribution >= 0.6 is 0 Å².